The molecule has 10 heteroatoms. The quantitative estimate of drug-likeness (QED) is 0.216. The van der Waals surface area contributed by atoms with Gasteiger partial charge in [-0.1, -0.05) is 96.0 Å². The van der Waals surface area contributed by atoms with E-state index in [1.807, 2.05) is 81.4 Å². The molecule has 4 aromatic rings. The van der Waals surface area contributed by atoms with Crippen molar-refractivity contribution in [2.24, 2.45) is 0 Å². The second kappa shape index (κ2) is 13.4. The maximum atomic E-state index is 14.4. The number of anilines is 1. The van der Waals surface area contributed by atoms with E-state index in [1.165, 1.54) is 4.90 Å². The summed E-state index contributed by atoms with van der Waals surface area (Å²) in [6.07, 6.45) is 1.27. The summed E-state index contributed by atoms with van der Waals surface area (Å²) in [5.41, 5.74) is 1.19. The molecule has 0 saturated carbocycles. The highest BCUT2D eigenvalue weighted by Gasteiger charge is 2.35. The molecule has 0 heterocycles. The number of carbonyl (C=O) groups excluding carboxylic acids is 2. The first kappa shape index (κ1) is 32.3. The van der Waals surface area contributed by atoms with E-state index in [0.29, 0.717) is 26.7 Å². The third kappa shape index (κ3) is 8.50. The molecule has 0 aromatic heterocycles. The van der Waals surface area contributed by atoms with E-state index in [1.54, 1.807) is 30.3 Å². The molecule has 0 aliphatic carbocycles. The van der Waals surface area contributed by atoms with Crippen molar-refractivity contribution in [2.45, 2.75) is 45.3 Å². The lowest BCUT2D eigenvalue weighted by atomic mass is 10.0. The van der Waals surface area contributed by atoms with Gasteiger partial charge in [0, 0.05) is 33.9 Å². The number of halogens is 2. The number of benzene rings is 4. The van der Waals surface area contributed by atoms with Crippen LogP contribution in [0.2, 0.25) is 10.0 Å². The monoisotopic (exact) mass is 639 g/mol. The third-order valence-corrected chi connectivity index (χ3v) is 8.55. The van der Waals surface area contributed by atoms with Crippen molar-refractivity contribution >= 4 is 61.5 Å². The first-order valence-corrected chi connectivity index (χ1v) is 16.4. The molecule has 0 aliphatic heterocycles. The molecule has 4 rings (SSSR count). The van der Waals surface area contributed by atoms with E-state index in [4.69, 9.17) is 23.2 Å². The van der Waals surface area contributed by atoms with Crippen LogP contribution < -0.4 is 9.62 Å². The van der Waals surface area contributed by atoms with Crippen LogP contribution in [0.4, 0.5) is 5.69 Å². The number of fused-ring (bicyclic) bond motifs is 1. The molecule has 1 atom stereocenters. The summed E-state index contributed by atoms with van der Waals surface area (Å²) in [6, 6.07) is 26.0. The number of rotatable bonds is 10. The second-order valence-electron chi connectivity index (χ2n) is 11.5. The van der Waals surface area contributed by atoms with Crippen LogP contribution in [-0.2, 0) is 32.6 Å². The number of carbonyl (C=O) groups is 2. The predicted molar refractivity (Wildman–Crippen MR) is 175 cm³/mol. The zero-order valence-corrected chi connectivity index (χ0v) is 26.9. The summed E-state index contributed by atoms with van der Waals surface area (Å²) in [7, 11) is -3.92. The molecule has 0 radical (unpaired) electrons. The van der Waals surface area contributed by atoms with E-state index in [-0.39, 0.29) is 18.9 Å². The van der Waals surface area contributed by atoms with E-state index in [2.05, 4.69) is 5.32 Å². The van der Waals surface area contributed by atoms with Gasteiger partial charge in [0.05, 0.1) is 11.9 Å². The maximum absolute atomic E-state index is 14.4. The maximum Gasteiger partial charge on any atom is 0.244 e. The van der Waals surface area contributed by atoms with Gasteiger partial charge in [-0.2, -0.15) is 0 Å². The van der Waals surface area contributed by atoms with E-state index in [0.717, 1.165) is 21.5 Å². The molecule has 0 aliphatic rings. The Morgan fingerprint density at radius 2 is 1.53 bits per heavy atom. The molecule has 0 spiro atoms. The number of hydrogen-bond donors (Lipinski definition) is 1. The van der Waals surface area contributed by atoms with E-state index >= 15 is 0 Å². The Labute approximate surface area is 263 Å². The minimum atomic E-state index is -3.92. The fourth-order valence-corrected chi connectivity index (χ4v) is 6.19. The number of sulfonamides is 1. The number of nitrogens with zero attached hydrogens (tertiary/aromatic N) is 2. The molecule has 0 saturated heterocycles. The highest BCUT2D eigenvalue weighted by molar-refractivity contribution is 7.92. The van der Waals surface area contributed by atoms with Crippen molar-refractivity contribution in [3.8, 4) is 0 Å². The van der Waals surface area contributed by atoms with Crippen LogP contribution in [-0.4, -0.2) is 49.5 Å². The van der Waals surface area contributed by atoms with Gasteiger partial charge in [-0.25, -0.2) is 8.42 Å². The highest BCUT2D eigenvalue weighted by atomic mass is 35.5. The van der Waals surface area contributed by atoms with Crippen molar-refractivity contribution in [3.63, 3.8) is 0 Å². The summed E-state index contributed by atoms with van der Waals surface area (Å²) < 4.78 is 27.5. The first-order chi connectivity index (χ1) is 20.2. The van der Waals surface area contributed by atoms with E-state index in [9.17, 15) is 18.0 Å². The van der Waals surface area contributed by atoms with Crippen molar-refractivity contribution in [2.75, 3.05) is 17.1 Å². The third-order valence-electron chi connectivity index (χ3n) is 6.84. The predicted octanol–water partition coefficient (Wildman–Crippen LogP) is 6.47. The van der Waals surface area contributed by atoms with Crippen LogP contribution in [0.3, 0.4) is 0 Å². The standard InChI is InChI=1S/C33H35Cl2N3O4S/c1-33(2,3)36-32(40)30(19-23-11-6-5-7-12-23)37(21-25-17-18-26(34)20-28(25)35)31(39)22-38(43(4,41)42)29-16-10-14-24-13-8-9-15-27(24)29/h5-18,20,30H,19,21-22H2,1-4H3,(H,36,40)/t30-/m0/s1. The molecule has 7 nitrogen and oxygen atoms in total. The molecule has 2 amide bonds. The Kier molecular flexibility index (Phi) is 10.1. The topological polar surface area (TPSA) is 86.8 Å². The largest absolute Gasteiger partial charge is 0.350 e. The average Bonchev–Trinajstić information content (AvgIpc) is 2.93. The lowest BCUT2D eigenvalue weighted by molar-refractivity contribution is -0.140. The molecule has 1 N–H and O–H groups in total. The molecular formula is C33H35Cl2N3O4S. The fraction of sp³-hybridized carbons (Fsp3) is 0.273. The Balaban J connectivity index is 1.82. The van der Waals surface area contributed by atoms with Gasteiger partial charge < -0.3 is 10.2 Å². The molecule has 4 aromatic carbocycles. The normalized spacial score (nSPS) is 12.5. The number of nitrogens with one attached hydrogen (secondary N) is 1. The van der Waals surface area contributed by atoms with Crippen LogP contribution in [0.15, 0.2) is 91.0 Å². The Bertz CT molecular complexity index is 1720. The van der Waals surface area contributed by atoms with Crippen LogP contribution in [0.5, 0.6) is 0 Å². The van der Waals surface area contributed by atoms with Crippen LogP contribution in [0.1, 0.15) is 31.9 Å². The minimum Gasteiger partial charge on any atom is -0.350 e. The molecular weight excluding hydrogens is 605 g/mol. The Hall–Kier alpha value is -3.59. The molecule has 0 unspecified atom stereocenters. The SMILES string of the molecule is CC(C)(C)NC(=O)[C@H](Cc1ccccc1)N(Cc1ccc(Cl)cc1Cl)C(=O)CN(c1cccc2ccccc12)S(C)(=O)=O. The van der Waals surface area contributed by atoms with Gasteiger partial charge in [-0.3, -0.25) is 13.9 Å². The van der Waals surface area contributed by atoms with Crippen molar-refractivity contribution < 1.29 is 18.0 Å². The number of amides is 2. The lowest BCUT2D eigenvalue weighted by Crippen LogP contribution is -2.56. The van der Waals surface area contributed by atoms with Gasteiger partial charge >= 0.3 is 0 Å². The smallest absolute Gasteiger partial charge is 0.244 e. The van der Waals surface area contributed by atoms with Gasteiger partial charge in [0.25, 0.3) is 0 Å². The molecule has 0 bridgehead atoms. The van der Waals surface area contributed by atoms with Gasteiger partial charge in [0.15, 0.2) is 0 Å². The summed E-state index contributed by atoms with van der Waals surface area (Å²) in [5.74, 6) is -0.930. The van der Waals surface area contributed by atoms with Crippen molar-refractivity contribution in [1.29, 1.82) is 0 Å². The molecule has 43 heavy (non-hydrogen) atoms. The van der Waals surface area contributed by atoms with Crippen molar-refractivity contribution in [1.82, 2.24) is 10.2 Å². The summed E-state index contributed by atoms with van der Waals surface area (Å²) >= 11 is 12.7. The lowest BCUT2D eigenvalue weighted by Gasteiger charge is -2.35. The molecule has 0 fully saturated rings. The Morgan fingerprint density at radius 3 is 2.19 bits per heavy atom. The molecule has 226 valence electrons. The zero-order valence-electron chi connectivity index (χ0n) is 24.6. The number of hydrogen-bond acceptors (Lipinski definition) is 4. The average molecular weight is 641 g/mol. The van der Waals surface area contributed by atoms with Gasteiger partial charge in [-0.05, 0) is 55.5 Å². The Morgan fingerprint density at radius 1 is 0.884 bits per heavy atom. The van der Waals surface area contributed by atoms with Crippen molar-refractivity contribution in [3.05, 3.63) is 112 Å². The van der Waals surface area contributed by atoms with Crippen LogP contribution >= 0.6 is 23.2 Å². The highest BCUT2D eigenvalue weighted by Crippen LogP contribution is 2.30. The van der Waals surface area contributed by atoms with Gasteiger partial charge in [0.1, 0.15) is 12.6 Å². The van der Waals surface area contributed by atoms with Gasteiger partial charge in [0.2, 0.25) is 21.8 Å². The summed E-state index contributed by atoms with van der Waals surface area (Å²) in [4.78, 5) is 29.6. The van der Waals surface area contributed by atoms with E-state index < -0.39 is 34.1 Å². The van der Waals surface area contributed by atoms with Gasteiger partial charge in [-0.15, -0.1) is 0 Å². The zero-order chi connectivity index (χ0) is 31.4. The fourth-order valence-electron chi connectivity index (χ4n) is 4.86. The first-order valence-electron chi connectivity index (χ1n) is 13.8. The summed E-state index contributed by atoms with van der Waals surface area (Å²) in [6.45, 7) is 5.01. The van der Waals surface area contributed by atoms with Crippen LogP contribution in [0, 0.1) is 0 Å². The second-order valence-corrected chi connectivity index (χ2v) is 14.2. The summed E-state index contributed by atoms with van der Waals surface area (Å²) in [5, 5.41) is 5.27. The minimum absolute atomic E-state index is 0.0446. The van der Waals surface area contributed by atoms with Crippen LogP contribution in [0.25, 0.3) is 10.8 Å².